The number of hydrogen-bond acceptors (Lipinski definition) is 6. The van der Waals surface area contributed by atoms with E-state index in [1.54, 1.807) is 4.90 Å². The van der Waals surface area contributed by atoms with Gasteiger partial charge in [0.2, 0.25) is 0 Å². The van der Waals surface area contributed by atoms with Crippen LogP contribution in [-0.2, 0) is 19.0 Å². The number of ether oxygens (including phenoxy) is 3. The summed E-state index contributed by atoms with van der Waals surface area (Å²) in [7, 11) is 0. The molecule has 0 aliphatic carbocycles. The van der Waals surface area contributed by atoms with E-state index in [0.29, 0.717) is 26.2 Å². The number of carbonyl (C=O) groups is 2. The molecule has 2 saturated heterocycles. The molecule has 2 amide bonds. The summed E-state index contributed by atoms with van der Waals surface area (Å²) in [5.41, 5.74) is -1.15. The second-order valence-electron chi connectivity index (χ2n) is 9.14. The van der Waals surface area contributed by atoms with Gasteiger partial charge in [-0.2, -0.15) is 5.06 Å². The number of hydroxylamine groups is 2. The first-order chi connectivity index (χ1) is 12.4. The van der Waals surface area contributed by atoms with Gasteiger partial charge in [-0.15, -0.1) is 0 Å². The Balaban J connectivity index is 1.88. The summed E-state index contributed by atoms with van der Waals surface area (Å²) >= 11 is 0. The second-order valence-corrected chi connectivity index (χ2v) is 9.14. The maximum atomic E-state index is 12.5. The third kappa shape index (κ3) is 7.54. The Morgan fingerprint density at radius 3 is 2.19 bits per heavy atom. The van der Waals surface area contributed by atoms with Crippen LogP contribution in [0.15, 0.2) is 0 Å². The molecule has 0 bridgehead atoms. The summed E-state index contributed by atoms with van der Waals surface area (Å²) in [5.74, 6) is 0. The van der Waals surface area contributed by atoms with Crippen LogP contribution in [0, 0.1) is 0 Å². The van der Waals surface area contributed by atoms with Gasteiger partial charge in [0.25, 0.3) is 0 Å². The van der Waals surface area contributed by atoms with Crippen LogP contribution < -0.4 is 0 Å². The van der Waals surface area contributed by atoms with Gasteiger partial charge in [-0.25, -0.2) is 9.59 Å². The Kier molecular flexibility index (Phi) is 6.97. The van der Waals surface area contributed by atoms with Gasteiger partial charge in [0.15, 0.2) is 0 Å². The van der Waals surface area contributed by atoms with Gasteiger partial charge in [-0.05, 0) is 60.8 Å². The Morgan fingerprint density at radius 2 is 1.67 bits per heavy atom. The first kappa shape index (κ1) is 21.8. The molecule has 2 rings (SSSR count). The summed E-state index contributed by atoms with van der Waals surface area (Å²) in [4.78, 5) is 32.0. The molecule has 0 aromatic heterocycles. The standard InChI is InChI=1S/C19H34N2O6/c1-18(2,3)25-16(22)20-11-15(12-20)27-21(17(23)26-19(4,5)6)13-14-9-7-8-10-24-14/h14-15H,7-13H2,1-6H3. The lowest BCUT2D eigenvalue weighted by Crippen LogP contribution is -2.58. The van der Waals surface area contributed by atoms with Gasteiger partial charge in [0.1, 0.15) is 17.3 Å². The molecule has 2 fully saturated rings. The Hall–Kier alpha value is -1.54. The number of nitrogens with zero attached hydrogens (tertiary/aromatic N) is 2. The number of rotatable bonds is 4. The van der Waals surface area contributed by atoms with Crippen LogP contribution in [0.1, 0.15) is 60.8 Å². The van der Waals surface area contributed by atoms with Crippen molar-refractivity contribution in [3.05, 3.63) is 0 Å². The molecule has 0 aromatic rings. The molecule has 0 radical (unpaired) electrons. The first-order valence-electron chi connectivity index (χ1n) is 9.70. The predicted octanol–water partition coefficient (Wildman–Crippen LogP) is 3.34. The van der Waals surface area contributed by atoms with E-state index in [4.69, 9.17) is 19.0 Å². The molecule has 2 aliphatic heterocycles. The van der Waals surface area contributed by atoms with Crippen LogP contribution in [0.5, 0.6) is 0 Å². The maximum absolute atomic E-state index is 12.5. The number of likely N-dealkylation sites (tertiary alicyclic amines) is 1. The zero-order valence-corrected chi connectivity index (χ0v) is 17.4. The highest BCUT2D eigenvalue weighted by atomic mass is 16.7. The van der Waals surface area contributed by atoms with E-state index in [0.717, 1.165) is 19.3 Å². The van der Waals surface area contributed by atoms with Crippen LogP contribution in [0.25, 0.3) is 0 Å². The van der Waals surface area contributed by atoms with Gasteiger partial charge < -0.3 is 19.1 Å². The normalized spacial score (nSPS) is 21.4. The van der Waals surface area contributed by atoms with Crippen LogP contribution in [0.3, 0.4) is 0 Å². The molecule has 2 heterocycles. The second kappa shape index (κ2) is 8.65. The Bertz CT molecular complexity index is 513. The fourth-order valence-electron chi connectivity index (χ4n) is 2.77. The lowest BCUT2D eigenvalue weighted by atomic mass is 10.1. The minimum Gasteiger partial charge on any atom is -0.444 e. The average Bonchev–Trinajstić information content (AvgIpc) is 2.46. The Labute approximate surface area is 162 Å². The van der Waals surface area contributed by atoms with Crippen molar-refractivity contribution in [1.82, 2.24) is 9.96 Å². The van der Waals surface area contributed by atoms with E-state index in [1.807, 2.05) is 41.5 Å². The van der Waals surface area contributed by atoms with Gasteiger partial charge >= 0.3 is 12.2 Å². The molecular weight excluding hydrogens is 352 g/mol. The van der Waals surface area contributed by atoms with Crippen LogP contribution in [0.4, 0.5) is 9.59 Å². The highest BCUT2D eigenvalue weighted by Crippen LogP contribution is 2.21. The van der Waals surface area contributed by atoms with Gasteiger partial charge in [0, 0.05) is 6.61 Å². The van der Waals surface area contributed by atoms with Crippen molar-refractivity contribution in [1.29, 1.82) is 0 Å². The molecule has 0 aromatic carbocycles. The zero-order chi connectivity index (χ0) is 20.2. The summed E-state index contributed by atoms with van der Waals surface area (Å²) in [6, 6.07) is 0. The molecule has 1 atom stereocenters. The summed E-state index contributed by atoms with van der Waals surface area (Å²) < 4.78 is 16.5. The zero-order valence-electron chi connectivity index (χ0n) is 17.4. The molecule has 27 heavy (non-hydrogen) atoms. The molecule has 8 nitrogen and oxygen atoms in total. The smallest absolute Gasteiger partial charge is 0.434 e. The van der Waals surface area contributed by atoms with E-state index in [1.165, 1.54) is 5.06 Å². The summed E-state index contributed by atoms with van der Waals surface area (Å²) in [5, 5.41) is 1.25. The molecule has 0 saturated carbocycles. The van der Waals surface area contributed by atoms with E-state index in [-0.39, 0.29) is 18.3 Å². The van der Waals surface area contributed by atoms with Crippen molar-refractivity contribution in [2.75, 3.05) is 26.2 Å². The fraction of sp³-hybridized carbons (Fsp3) is 0.895. The van der Waals surface area contributed by atoms with Crippen LogP contribution >= 0.6 is 0 Å². The number of carbonyl (C=O) groups excluding carboxylic acids is 2. The average molecular weight is 386 g/mol. The number of hydrogen-bond donors (Lipinski definition) is 0. The van der Waals surface area contributed by atoms with Crippen molar-refractivity contribution in [2.24, 2.45) is 0 Å². The minimum atomic E-state index is -0.617. The molecule has 2 aliphatic rings. The molecule has 156 valence electrons. The van der Waals surface area contributed by atoms with Crippen molar-refractivity contribution < 1.29 is 28.6 Å². The number of amides is 2. The van der Waals surface area contributed by atoms with E-state index >= 15 is 0 Å². The topological polar surface area (TPSA) is 77.5 Å². The molecular formula is C19H34N2O6. The third-order valence-electron chi connectivity index (χ3n) is 4.02. The molecule has 8 heteroatoms. The van der Waals surface area contributed by atoms with Gasteiger partial charge in [0.05, 0.1) is 25.7 Å². The van der Waals surface area contributed by atoms with Crippen molar-refractivity contribution in [3.8, 4) is 0 Å². The minimum absolute atomic E-state index is 0.0618. The fourth-order valence-corrected chi connectivity index (χ4v) is 2.77. The van der Waals surface area contributed by atoms with Crippen molar-refractivity contribution >= 4 is 12.2 Å². The molecule has 1 unspecified atom stereocenters. The highest BCUT2D eigenvalue weighted by Gasteiger charge is 2.38. The van der Waals surface area contributed by atoms with Crippen molar-refractivity contribution in [2.45, 2.75) is 84.2 Å². The molecule has 0 spiro atoms. The van der Waals surface area contributed by atoms with Gasteiger partial charge in [-0.3, -0.25) is 4.84 Å². The first-order valence-corrected chi connectivity index (χ1v) is 9.70. The van der Waals surface area contributed by atoms with E-state index in [9.17, 15) is 9.59 Å². The van der Waals surface area contributed by atoms with E-state index in [2.05, 4.69) is 0 Å². The predicted molar refractivity (Wildman–Crippen MR) is 99.2 cm³/mol. The highest BCUT2D eigenvalue weighted by molar-refractivity contribution is 5.69. The molecule has 0 N–H and O–H groups in total. The van der Waals surface area contributed by atoms with E-state index < -0.39 is 17.3 Å². The quantitative estimate of drug-likeness (QED) is 0.690. The lowest BCUT2D eigenvalue weighted by Gasteiger charge is -2.41. The summed E-state index contributed by atoms with van der Waals surface area (Å²) in [6.45, 7) is 12.7. The Morgan fingerprint density at radius 1 is 1.04 bits per heavy atom. The maximum Gasteiger partial charge on any atom is 0.434 e. The van der Waals surface area contributed by atoms with Crippen LogP contribution in [-0.4, -0.2) is 71.8 Å². The SMILES string of the molecule is CC(C)(C)OC(=O)N1CC(ON(CC2CCCCO2)C(=O)OC(C)(C)C)C1. The lowest BCUT2D eigenvalue weighted by molar-refractivity contribution is -0.223. The van der Waals surface area contributed by atoms with Crippen LogP contribution in [0.2, 0.25) is 0 Å². The summed E-state index contributed by atoms with van der Waals surface area (Å²) in [6.07, 6.45) is 1.76. The van der Waals surface area contributed by atoms with Gasteiger partial charge in [-0.1, -0.05) is 0 Å². The largest absolute Gasteiger partial charge is 0.444 e. The third-order valence-corrected chi connectivity index (χ3v) is 4.02. The monoisotopic (exact) mass is 386 g/mol. The van der Waals surface area contributed by atoms with Crippen molar-refractivity contribution in [3.63, 3.8) is 0 Å².